The van der Waals surface area contributed by atoms with Crippen molar-refractivity contribution in [3.05, 3.63) is 29.6 Å². The summed E-state index contributed by atoms with van der Waals surface area (Å²) in [5, 5.41) is 8.77. The molecule has 1 N–H and O–H groups in total. The van der Waals surface area contributed by atoms with Gasteiger partial charge in [0.1, 0.15) is 11.6 Å². The number of aliphatic carboxylic acids is 1. The van der Waals surface area contributed by atoms with E-state index in [2.05, 4.69) is 0 Å². The first-order chi connectivity index (χ1) is 7.36. The molecule has 0 radical (unpaired) electrons. The number of halogens is 1. The first-order valence-corrected chi connectivity index (χ1v) is 4.92. The van der Waals surface area contributed by atoms with Gasteiger partial charge >= 0.3 is 5.97 Å². The van der Waals surface area contributed by atoms with Crippen molar-refractivity contribution >= 4 is 5.97 Å². The van der Waals surface area contributed by atoms with Crippen molar-refractivity contribution in [2.75, 3.05) is 7.11 Å². The maximum atomic E-state index is 13.6. The molecule has 0 aliphatic rings. The fourth-order valence-electron chi connectivity index (χ4n) is 1.62. The zero-order chi connectivity index (χ0) is 12.3. The van der Waals surface area contributed by atoms with Crippen molar-refractivity contribution in [3.63, 3.8) is 0 Å². The summed E-state index contributed by atoms with van der Waals surface area (Å²) >= 11 is 0. The minimum atomic E-state index is -0.952. The Bertz CT molecular complexity index is 399. The maximum absolute atomic E-state index is 13.6. The van der Waals surface area contributed by atoms with Crippen molar-refractivity contribution in [1.29, 1.82) is 0 Å². The van der Waals surface area contributed by atoms with E-state index in [0.29, 0.717) is 11.3 Å². The molecule has 0 atom stereocenters. The minimum Gasteiger partial charge on any atom is -0.497 e. The molecule has 0 saturated heterocycles. The van der Waals surface area contributed by atoms with Crippen LogP contribution in [0.1, 0.15) is 25.8 Å². The maximum Gasteiger partial charge on any atom is 0.304 e. The van der Waals surface area contributed by atoms with Crippen molar-refractivity contribution in [1.82, 2.24) is 0 Å². The lowest BCUT2D eigenvalue weighted by atomic mass is 9.81. The molecule has 0 amide bonds. The predicted octanol–water partition coefficient (Wildman–Crippen LogP) is 2.59. The van der Waals surface area contributed by atoms with Gasteiger partial charge in [-0.3, -0.25) is 4.79 Å². The molecular weight excluding hydrogens is 211 g/mol. The molecule has 4 heteroatoms. The van der Waals surface area contributed by atoms with Crippen LogP contribution in [0.5, 0.6) is 5.75 Å². The fraction of sp³-hybridized carbons (Fsp3) is 0.417. The Kier molecular flexibility index (Phi) is 3.52. The van der Waals surface area contributed by atoms with E-state index in [9.17, 15) is 9.18 Å². The highest BCUT2D eigenvalue weighted by Crippen LogP contribution is 2.31. The van der Waals surface area contributed by atoms with E-state index in [1.54, 1.807) is 13.8 Å². The first kappa shape index (κ1) is 12.5. The molecule has 1 aromatic carbocycles. The largest absolute Gasteiger partial charge is 0.497 e. The molecule has 0 bridgehead atoms. The second kappa shape index (κ2) is 4.51. The van der Waals surface area contributed by atoms with Gasteiger partial charge in [0.15, 0.2) is 0 Å². The Morgan fingerprint density at radius 2 is 2.12 bits per heavy atom. The van der Waals surface area contributed by atoms with Crippen LogP contribution in [0.25, 0.3) is 0 Å². The third kappa shape index (κ3) is 2.72. The van der Waals surface area contributed by atoms with Crippen LogP contribution in [0.2, 0.25) is 0 Å². The SMILES string of the molecule is COc1ccc(F)c(C(C)(C)CC(=O)O)c1. The summed E-state index contributed by atoms with van der Waals surface area (Å²) in [5.41, 5.74) is -0.404. The van der Waals surface area contributed by atoms with Crippen LogP contribution < -0.4 is 4.74 Å². The van der Waals surface area contributed by atoms with Gasteiger partial charge in [-0.1, -0.05) is 13.8 Å². The van der Waals surface area contributed by atoms with Crippen LogP contribution in [-0.4, -0.2) is 18.2 Å². The normalized spacial score (nSPS) is 11.2. The van der Waals surface area contributed by atoms with Gasteiger partial charge in [-0.15, -0.1) is 0 Å². The summed E-state index contributed by atoms with van der Waals surface area (Å²) in [6.07, 6.45) is -0.128. The Morgan fingerprint density at radius 1 is 1.50 bits per heavy atom. The van der Waals surface area contributed by atoms with E-state index in [4.69, 9.17) is 9.84 Å². The topological polar surface area (TPSA) is 46.5 Å². The zero-order valence-corrected chi connectivity index (χ0v) is 9.58. The van der Waals surface area contributed by atoms with Crippen LogP contribution in [0.3, 0.4) is 0 Å². The zero-order valence-electron chi connectivity index (χ0n) is 9.58. The van der Waals surface area contributed by atoms with Gasteiger partial charge in [0, 0.05) is 5.41 Å². The van der Waals surface area contributed by atoms with Crippen LogP contribution in [0.15, 0.2) is 18.2 Å². The van der Waals surface area contributed by atoms with Crippen LogP contribution in [0.4, 0.5) is 4.39 Å². The Labute approximate surface area is 93.9 Å². The molecule has 0 saturated carbocycles. The van der Waals surface area contributed by atoms with E-state index in [0.717, 1.165) is 0 Å². The van der Waals surface area contributed by atoms with Crippen LogP contribution in [0, 0.1) is 5.82 Å². The van der Waals surface area contributed by atoms with E-state index >= 15 is 0 Å². The number of carboxylic acids is 1. The van der Waals surface area contributed by atoms with Crippen molar-refractivity contribution in [3.8, 4) is 5.75 Å². The van der Waals surface area contributed by atoms with Crippen LogP contribution >= 0.6 is 0 Å². The Hall–Kier alpha value is -1.58. The summed E-state index contributed by atoms with van der Waals surface area (Å²) in [6, 6.07) is 4.34. The number of methoxy groups -OCH3 is 1. The Morgan fingerprint density at radius 3 is 2.62 bits per heavy atom. The summed E-state index contributed by atoms with van der Waals surface area (Å²) in [7, 11) is 1.49. The van der Waals surface area contributed by atoms with E-state index < -0.39 is 17.2 Å². The average molecular weight is 226 g/mol. The molecular formula is C12H15FO3. The van der Waals surface area contributed by atoms with E-state index in [-0.39, 0.29) is 6.42 Å². The molecule has 3 nitrogen and oxygen atoms in total. The number of carboxylic acid groups (broad SMARTS) is 1. The summed E-state index contributed by atoms with van der Waals surface area (Å²) in [5.74, 6) is -0.839. The lowest BCUT2D eigenvalue weighted by Crippen LogP contribution is -2.23. The predicted molar refractivity (Wildman–Crippen MR) is 58.2 cm³/mol. The highest BCUT2D eigenvalue weighted by atomic mass is 19.1. The second-order valence-electron chi connectivity index (χ2n) is 4.30. The molecule has 0 aliphatic heterocycles. The van der Waals surface area contributed by atoms with E-state index in [1.165, 1.54) is 25.3 Å². The lowest BCUT2D eigenvalue weighted by molar-refractivity contribution is -0.138. The van der Waals surface area contributed by atoms with Gasteiger partial charge in [0.05, 0.1) is 13.5 Å². The molecule has 1 rings (SSSR count). The third-order valence-electron chi connectivity index (χ3n) is 2.50. The molecule has 0 heterocycles. The summed E-state index contributed by atoms with van der Waals surface area (Å²) in [6.45, 7) is 3.39. The molecule has 0 aromatic heterocycles. The molecule has 0 fully saturated rings. The smallest absolute Gasteiger partial charge is 0.304 e. The molecule has 0 aliphatic carbocycles. The van der Waals surface area contributed by atoms with Gasteiger partial charge in [0.2, 0.25) is 0 Å². The van der Waals surface area contributed by atoms with Crippen molar-refractivity contribution in [2.45, 2.75) is 25.7 Å². The van der Waals surface area contributed by atoms with Crippen molar-refractivity contribution < 1.29 is 19.0 Å². The number of carbonyl (C=O) groups is 1. The molecule has 88 valence electrons. The molecule has 16 heavy (non-hydrogen) atoms. The average Bonchev–Trinajstić information content (AvgIpc) is 2.16. The number of hydrogen-bond donors (Lipinski definition) is 1. The van der Waals surface area contributed by atoms with E-state index in [1.807, 2.05) is 0 Å². The molecule has 1 aromatic rings. The Balaban J connectivity index is 3.14. The van der Waals surface area contributed by atoms with Crippen molar-refractivity contribution in [2.24, 2.45) is 0 Å². The third-order valence-corrected chi connectivity index (χ3v) is 2.50. The molecule has 0 spiro atoms. The van der Waals surface area contributed by atoms with Gasteiger partial charge in [-0.25, -0.2) is 4.39 Å². The highest BCUT2D eigenvalue weighted by Gasteiger charge is 2.27. The minimum absolute atomic E-state index is 0.128. The monoisotopic (exact) mass is 226 g/mol. The number of ether oxygens (including phenoxy) is 1. The quantitative estimate of drug-likeness (QED) is 0.858. The van der Waals surface area contributed by atoms with Crippen LogP contribution in [-0.2, 0) is 10.2 Å². The van der Waals surface area contributed by atoms with Gasteiger partial charge in [-0.2, -0.15) is 0 Å². The lowest BCUT2D eigenvalue weighted by Gasteiger charge is -2.24. The van der Waals surface area contributed by atoms with Gasteiger partial charge < -0.3 is 9.84 Å². The summed E-state index contributed by atoms with van der Waals surface area (Å²) < 4.78 is 18.6. The number of rotatable bonds is 4. The van der Waals surface area contributed by atoms with Gasteiger partial charge in [-0.05, 0) is 23.8 Å². The first-order valence-electron chi connectivity index (χ1n) is 4.92. The summed E-state index contributed by atoms with van der Waals surface area (Å²) in [4.78, 5) is 10.7. The number of hydrogen-bond acceptors (Lipinski definition) is 2. The second-order valence-corrected chi connectivity index (χ2v) is 4.30. The molecule has 0 unspecified atom stereocenters. The van der Waals surface area contributed by atoms with Gasteiger partial charge in [0.25, 0.3) is 0 Å². The standard InChI is InChI=1S/C12H15FO3/c1-12(2,7-11(14)15)9-6-8(16-3)4-5-10(9)13/h4-6H,7H2,1-3H3,(H,14,15). The fourth-order valence-corrected chi connectivity index (χ4v) is 1.62. The highest BCUT2D eigenvalue weighted by molar-refractivity contribution is 5.69. The number of benzene rings is 1.